The summed E-state index contributed by atoms with van der Waals surface area (Å²) in [4.78, 5) is 12.3. The van der Waals surface area contributed by atoms with Gasteiger partial charge in [-0.2, -0.15) is 0 Å². The topological polar surface area (TPSA) is 64.3 Å². The highest BCUT2D eigenvalue weighted by molar-refractivity contribution is 5.83. The quantitative estimate of drug-likeness (QED) is 0.784. The van der Waals surface area contributed by atoms with Gasteiger partial charge in [0.15, 0.2) is 0 Å². The molecular weight excluding hydrogens is 300 g/mol. The van der Waals surface area contributed by atoms with Crippen molar-refractivity contribution in [3.05, 3.63) is 65.7 Å². The van der Waals surface area contributed by atoms with Gasteiger partial charge < -0.3 is 15.8 Å². The van der Waals surface area contributed by atoms with E-state index < -0.39 is 0 Å². The number of hydrogen-bond donors (Lipinski definition) is 2. The lowest BCUT2D eigenvalue weighted by Crippen LogP contribution is -2.34. The summed E-state index contributed by atoms with van der Waals surface area (Å²) in [5.74, 6) is 0.543. The second-order valence-electron chi connectivity index (χ2n) is 6.05. The Morgan fingerprint density at radius 1 is 1.08 bits per heavy atom. The molecule has 0 bridgehead atoms. The highest BCUT2D eigenvalue weighted by atomic mass is 16.5. The van der Waals surface area contributed by atoms with E-state index in [1.807, 2.05) is 68.4 Å². The first-order valence-electron chi connectivity index (χ1n) is 8.38. The average molecular weight is 326 g/mol. The fraction of sp³-hybridized carbons (Fsp3) is 0.350. The molecule has 4 heteroatoms. The van der Waals surface area contributed by atoms with Crippen LogP contribution in [0, 0.1) is 0 Å². The van der Waals surface area contributed by atoms with Crippen molar-refractivity contribution in [1.82, 2.24) is 5.32 Å². The zero-order valence-corrected chi connectivity index (χ0v) is 14.4. The number of nitrogens with one attached hydrogen (secondary N) is 1. The van der Waals surface area contributed by atoms with Crippen LogP contribution in [0.1, 0.15) is 30.9 Å². The Kier molecular flexibility index (Phi) is 6.82. The molecule has 0 aliphatic rings. The van der Waals surface area contributed by atoms with E-state index in [2.05, 4.69) is 5.32 Å². The van der Waals surface area contributed by atoms with Crippen molar-refractivity contribution in [2.24, 2.45) is 5.73 Å². The maximum Gasteiger partial charge on any atom is 0.228 e. The third kappa shape index (κ3) is 5.39. The van der Waals surface area contributed by atoms with Crippen LogP contribution in [0.25, 0.3) is 0 Å². The summed E-state index contributed by atoms with van der Waals surface area (Å²) in [6, 6.07) is 17.6. The predicted molar refractivity (Wildman–Crippen MR) is 97.2 cm³/mol. The molecule has 0 saturated carbocycles. The van der Waals surface area contributed by atoms with Gasteiger partial charge in [0, 0.05) is 13.1 Å². The molecule has 2 aromatic rings. The van der Waals surface area contributed by atoms with Gasteiger partial charge in [0.05, 0.1) is 12.0 Å². The summed E-state index contributed by atoms with van der Waals surface area (Å²) in [7, 11) is 0. The lowest BCUT2D eigenvalue weighted by Gasteiger charge is -2.15. The third-order valence-electron chi connectivity index (χ3n) is 3.76. The fourth-order valence-electron chi connectivity index (χ4n) is 2.54. The maximum absolute atomic E-state index is 12.3. The van der Waals surface area contributed by atoms with E-state index in [0.29, 0.717) is 13.1 Å². The molecule has 0 unspecified atom stereocenters. The van der Waals surface area contributed by atoms with Gasteiger partial charge in [-0.05, 0) is 43.5 Å². The van der Waals surface area contributed by atoms with Crippen molar-refractivity contribution in [3.8, 4) is 5.75 Å². The van der Waals surface area contributed by atoms with E-state index in [-0.39, 0.29) is 17.9 Å². The summed E-state index contributed by atoms with van der Waals surface area (Å²) in [5.41, 5.74) is 7.88. The normalized spacial score (nSPS) is 12.0. The smallest absolute Gasteiger partial charge is 0.228 e. The summed E-state index contributed by atoms with van der Waals surface area (Å²) in [6.45, 7) is 4.90. The van der Waals surface area contributed by atoms with Crippen LogP contribution in [0.15, 0.2) is 54.6 Å². The van der Waals surface area contributed by atoms with E-state index in [9.17, 15) is 4.79 Å². The Labute approximate surface area is 144 Å². The average Bonchev–Trinajstić information content (AvgIpc) is 2.58. The number of nitrogens with two attached hydrogens (primary N) is 1. The van der Waals surface area contributed by atoms with Crippen molar-refractivity contribution >= 4 is 5.91 Å². The molecule has 0 heterocycles. The number of hydrogen-bond acceptors (Lipinski definition) is 3. The Bertz CT molecular complexity index is 624. The molecule has 3 N–H and O–H groups in total. The molecule has 0 fully saturated rings. The number of amides is 1. The first-order valence-corrected chi connectivity index (χ1v) is 8.38. The van der Waals surface area contributed by atoms with Gasteiger partial charge in [-0.3, -0.25) is 4.79 Å². The Balaban J connectivity index is 1.83. The van der Waals surface area contributed by atoms with Crippen molar-refractivity contribution in [3.63, 3.8) is 0 Å². The van der Waals surface area contributed by atoms with Gasteiger partial charge in [0.2, 0.25) is 5.91 Å². The lowest BCUT2D eigenvalue weighted by atomic mass is 9.98. The number of carbonyl (C=O) groups is 1. The van der Waals surface area contributed by atoms with Crippen LogP contribution < -0.4 is 15.8 Å². The standard InChI is InChI=1S/C20H26N2O2/c1-15(2)24-18-10-8-16(9-11-18)12-13-22-20(23)19(14-21)17-6-4-3-5-7-17/h3-11,15,19H,12-14,21H2,1-2H3,(H,22,23)/t19-/m0/s1. The molecule has 1 atom stereocenters. The molecule has 2 rings (SSSR count). The van der Waals surface area contributed by atoms with Gasteiger partial charge in [-0.25, -0.2) is 0 Å². The van der Waals surface area contributed by atoms with Gasteiger partial charge in [-0.15, -0.1) is 0 Å². The summed E-state index contributed by atoms with van der Waals surface area (Å²) in [6.07, 6.45) is 0.945. The fourth-order valence-corrected chi connectivity index (χ4v) is 2.54. The molecule has 0 aromatic heterocycles. The predicted octanol–water partition coefficient (Wildman–Crippen LogP) is 2.88. The van der Waals surface area contributed by atoms with Crippen LogP contribution in [0.3, 0.4) is 0 Å². The van der Waals surface area contributed by atoms with E-state index in [0.717, 1.165) is 23.3 Å². The molecule has 0 aliphatic heterocycles. The molecule has 0 spiro atoms. The lowest BCUT2D eigenvalue weighted by molar-refractivity contribution is -0.122. The largest absolute Gasteiger partial charge is 0.491 e. The number of ether oxygens (including phenoxy) is 1. The first kappa shape index (κ1) is 18.0. The summed E-state index contributed by atoms with van der Waals surface area (Å²) >= 11 is 0. The Morgan fingerprint density at radius 3 is 2.33 bits per heavy atom. The van der Waals surface area contributed by atoms with Gasteiger partial charge in [0.25, 0.3) is 0 Å². The molecule has 128 valence electrons. The Hall–Kier alpha value is -2.33. The van der Waals surface area contributed by atoms with Crippen LogP contribution >= 0.6 is 0 Å². The maximum atomic E-state index is 12.3. The monoisotopic (exact) mass is 326 g/mol. The van der Waals surface area contributed by atoms with Gasteiger partial charge in [-0.1, -0.05) is 42.5 Å². The molecule has 1 amide bonds. The zero-order valence-electron chi connectivity index (χ0n) is 14.4. The molecule has 24 heavy (non-hydrogen) atoms. The second-order valence-corrected chi connectivity index (χ2v) is 6.05. The second kappa shape index (κ2) is 9.08. The summed E-state index contributed by atoms with van der Waals surface area (Å²) < 4.78 is 5.62. The third-order valence-corrected chi connectivity index (χ3v) is 3.76. The SMILES string of the molecule is CC(C)Oc1ccc(CCNC(=O)[C@@H](CN)c2ccccc2)cc1. The number of benzene rings is 2. The van der Waals surface area contributed by atoms with Crippen LogP contribution in [-0.2, 0) is 11.2 Å². The summed E-state index contributed by atoms with van der Waals surface area (Å²) in [5, 5.41) is 2.98. The van der Waals surface area contributed by atoms with E-state index in [1.54, 1.807) is 0 Å². The zero-order chi connectivity index (χ0) is 17.4. The first-order chi connectivity index (χ1) is 11.6. The van der Waals surface area contributed by atoms with E-state index in [1.165, 1.54) is 0 Å². The minimum absolute atomic E-state index is 0.0246. The van der Waals surface area contributed by atoms with Gasteiger partial charge in [0.1, 0.15) is 5.75 Å². The number of rotatable bonds is 8. The molecule has 2 aromatic carbocycles. The van der Waals surface area contributed by atoms with Crippen molar-refractivity contribution in [1.29, 1.82) is 0 Å². The highest BCUT2D eigenvalue weighted by Crippen LogP contribution is 2.15. The highest BCUT2D eigenvalue weighted by Gasteiger charge is 2.18. The van der Waals surface area contributed by atoms with Gasteiger partial charge >= 0.3 is 0 Å². The van der Waals surface area contributed by atoms with Crippen molar-refractivity contribution < 1.29 is 9.53 Å². The Morgan fingerprint density at radius 2 is 1.75 bits per heavy atom. The number of carbonyl (C=O) groups excluding carboxylic acids is 1. The van der Waals surface area contributed by atoms with E-state index >= 15 is 0 Å². The molecule has 0 radical (unpaired) electrons. The molecule has 4 nitrogen and oxygen atoms in total. The molecule has 0 saturated heterocycles. The van der Waals surface area contributed by atoms with Crippen LogP contribution in [0.2, 0.25) is 0 Å². The molecule has 0 aliphatic carbocycles. The van der Waals surface area contributed by atoms with Crippen LogP contribution in [-0.4, -0.2) is 25.1 Å². The van der Waals surface area contributed by atoms with Crippen molar-refractivity contribution in [2.45, 2.75) is 32.3 Å². The minimum Gasteiger partial charge on any atom is -0.491 e. The van der Waals surface area contributed by atoms with Crippen LogP contribution in [0.5, 0.6) is 5.75 Å². The van der Waals surface area contributed by atoms with E-state index in [4.69, 9.17) is 10.5 Å². The minimum atomic E-state index is -0.298. The van der Waals surface area contributed by atoms with Crippen LogP contribution in [0.4, 0.5) is 0 Å². The molecular formula is C20H26N2O2. The van der Waals surface area contributed by atoms with Crippen molar-refractivity contribution in [2.75, 3.05) is 13.1 Å².